The molecule has 0 aromatic heterocycles. The first-order chi connectivity index (χ1) is 8.45. The van der Waals surface area contributed by atoms with E-state index in [1.807, 2.05) is 45.0 Å². The van der Waals surface area contributed by atoms with Crippen molar-refractivity contribution in [1.82, 2.24) is 4.90 Å². The van der Waals surface area contributed by atoms with Gasteiger partial charge in [-0.25, -0.2) is 0 Å². The zero-order valence-electron chi connectivity index (χ0n) is 11.5. The predicted molar refractivity (Wildman–Crippen MR) is 77.2 cm³/mol. The van der Waals surface area contributed by atoms with E-state index in [9.17, 15) is 4.79 Å². The van der Waals surface area contributed by atoms with Gasteiger partial charge in [-0.3, -0.25) is 4.79 Å². The number of carbonyl (C=O) groups is 1. The average molecular weight is 269 g/mol. The largest absolute Gasteiger partial charge is 0.378 e. The number of benzene rings is 1. The Kier molecular flexibility index (Phi) is 5.48. The Morgan fingerprint density at radius 2 is 1.78 bits per heavy atom. The van der Waals surface area contributed by atoms with Gasteiger partial charge in [0.2, 0.25) is 5.91 Å². The molecule has 0 fully saturated rings. The Balaban J connectivity index is 2.78. The van der Waals surface area contributed by atoms with Gasteiger partial charge in [0.15, 0.2) is 0 Å². The summed E-state index contributed by atoms with van der Waals surface area (Å²) in [5.41, 5.74) is 2.27. The van der Waals surface area contributed by atoms with Crippen LogP contribution in [0.5, 0.6) is 0 Å². The van der Waals surface area contributed by atoms with E-state index in [4.69, 9.17) is 11.6 Å². The van der Waals surface area contributed by atoms with E-state index < -0.39 is 0 Å². The van der Waals surface area contributed by atoms with Crippen LogP contribution in [0.4, 0.5) is 5.69 Å². The summed E-state index contributed by atoms with van der Waals surface area (Å²) < 4.78 is 0. The smallest absolute Gasteiger partial charge is 0.238 e. The van der Waals surface area contributed by atoms with Crippen LogP contribution in [0.1, 0.15) is 19.4 Å². The summed E-state index contributed by atoms with van der Waals surface area (Å²) in [6.07, 6.45) is 0. The van der Waals surface area contributed by atoms with Crippen molar-refractivity contribution in [1.29, 1.82) is 0 Å². The van der Waals surface area contributed by atoms with E-state index >= 15 is 0 Å². The number of amides is 1. The Morgan fingerprint density at radius 3 is 2.17 bits per heavy atom. The first-order valence-corrected chi connectivity index (χ1v) is 6.61. The number of nitrogens with zero attached hydrogens (tertiary/aromatic N) is 2. The topological polar surface area (TPSA) is 23.6 Å². The highest BCUT2D eigenvalue weighted by Crippen LogP contribution is 2.15. The summed E-state index contributed by atoms with van der Waals surface area (Å²) in [6, 6.07) is 8.36. The molecule has 18 heavy (non-hydrogen) atoms. The molecular formula is C14H21ClN2O. The molecule has 100 valence electrons. The summed E-state index contributed by atoms with van der Waals surface area (Å²) in [7, 11) is 4.01. The minimum absolute atomic E-state index is 0.0247. The van der Waals surface area contributed by atoms with Crippen molar-refractivity contribution in [2.75, 3.05) is 24.9 Å². The molecule has 1 rings (SSSR count). The summed E-state index contributed by atoms with van der Waals surface area (Å²) in [4.78, 5) is 15.6. The van der Waals surface area contributed by atoms with Gasteiger partial charge in [-0.1, -0.05) is 12.1 Å². The van der Waals surface area contributed by atoms with E-state index in [-0.39, 0.29) is 17.8 Å². The number of rotatable bonds is 5. The number of hydrogen-bond donors (Lipinski definition) is 0. The second-order valence-electron chi connectivity index (χ2n) is 4.81. The van der Waals surface area contributed by atoms with Gasteiger partial charge in [0.25, 0.3) is 0 Å². The van der Waals surface area contributed by atoms with Gasteiger partial charge >= 0.3 is 0 Å². The lowest BCUT2D eigenvalue weighted by atomic mass is 10.1. The normalized spacial score (nSPS) is 10.6. The molecule has 0 atom stereocenters. The lowest BCUT2D eigenvalue weighted by molar-refractivity contribution is -0.130. The number of alkyl halides is 1. The predicted octanol–water partition coefficient (Wildman–Crippen LogP) is 2.73. The molecule has 0 aliphatic carbocycles. The highest BCUT2D eigenvalue weighted by Gasteiger charge is 2.16. The molecule has 1 aromatic rings. The first-order valence-electron chi connectivity index (χ1n) is 6.07. The maximum atomic E-state index is 11.7. The number of hydrogen-bond acceptors (Lipinski definition) is 2. The summed E-state index contributed by atoms with van der Waals surface area (Å²) in [6.45, 7) is 4.61. The van der Waals surface area contributed by atoms with Crippen LogP contribution in [-0.2, 0) is 11.3 Å². The van der Waals surface area contributed by atoms with Crippen LogP contribution in [-0.4, -0.2) is 36.8 Å². The first kappa shape index (κ1) is 14.8. The molecule has 1 amide bonds. The van der Waals surface area contributed by atoms with E-state index in [2.05, 4.69) is 12.1 Å². The van der Waals surface area contributed by atoms with Crippen LogP contribution in [0.25, 0.3) is 0 Å². The minimum atomic E-state index is -0.0247. The van der Waals surface area contributed by atoms with Crippen molar-refractivity contribution in [2.45, 2.75) is 26.4 Å². The zero-order valence-corrected chi connectivity index (χ0v) is 12.2. The Morgan fingerprint density at radius 1 is 1.22 bits per heavy atom. The molecule has 0 unspecified atom stereocenters. The van der Waals surface area contributed by atoms with Gasteiger partial charge in [-0.2, -0.15) is 0 Å². The van der Waals surface area contributed by atoms with Gasteiger partial charge in [-0.15, -0.1) is 11.6 Å². The molecule has 0 spiro atoms. The van der Waals surface area contributed by atoms with Gasteiger partial charge in [0, 0.05) is 32.4 Å². The van der Waals surface area contributed by atoms with Crippen molar-refractivity contribution in [3.05, 3.63) is 29.8 Å². The van der Waals surface area contributed by atoms with Crippen LogP contribution >= 0.6 is 11.6 Å². The number of anilines is 1. The molecule has 0 radical (unpaired) electrons. The molecule has 0 saturated heterocycles. The Labute approximate surface area is 114 Å². The quantitative estimate of drug-likeness (QED) is 0.767. The third-order valence-electron chi connectivity index (χ3n) is 2.86. The monoisotopic (exact) mass is 268 g/mol. The molecule has 0 bridgehead atoms. The zero-order chi connectivity index (χ0) is 13.7. The van der Waals surface area contributed by atoms with E-state index in [0.717, 1.165) is 11.3 Å². The minimum Gasteiger partial charge on any atom is -0.378 e. The van der Waals surface area contributed by atoms with Gasteiger partial charge in [0.1, 0.15) is 5.88 Å². The highest BCUT2D eigenvalue weighted by molar-refractivity contribution is 6.27. The van der Waals surface area contributed by atoms with Crippen molar-refractivity contribution in [3.63, 3.8) is 0 Å². The molecule has 1 aromatic carbocycles. The number of carbonyl (C=O) groups excluding carboxylic acids is 1. The van der Waals surface area contributed by atoms with Crippen LogP contribution in [0.3, 0.4) is 0 Å². The van der Waals surface area contributed by atoms with Crippen molar-refractivity contribution < 1.29 is 4.79 Å². The summed E-state index contributed by atoms with van der Waals surface area (Å²) in [5.74, 6) is 0.0110. The molecule has 0 saturated carbocycles. The molecule has 0 aliphatic heterocycles. The van der Waals surface area contributed by atoms with E-state index in [0.29, 0.717) is 6.54 Å². The lowest BCUT2D eigenvalue weighted by Gasteiger charge is -2.26. The lowest BCUT2D eigenvalue weighted by Crippen LogP contribution is -2.37. The van der Waals surface area contributed by atoms with Crippen molar-refractivity contribution >= 4 is 23.2 Å². The van der Waals surface area contributed by atoms with Gasteiger partial charge < -0.3 is 9.80 Å². The molecule has 0 heterocycles. The molecule has 3 nitrogen and oxygen atoms in total. The summed E-state index contributed by atoms with van der Waals surface area (Å²) in [5, 5.41) is 0. The molecule has 0 N–H and O–H groups in total. The van der Waals surface area contributed by atoms with Crippen LogP contribution < -0.4 is 4.90 Å². The molecule has 4 heteroatoms. The van der Waals surface area contributed by atoms with Crippen molar-refractivity contribution in [3.8, 4) is 0 Å². The fourth-order valence-electron chi connectivity index (χ4n) is 1.73. The standard InChI is InChI=1S/C14H21ClN2O/c1-11(2)17(14(18)9-15)10-12-5-7-13(8-6-12)16(3)4/h5-8,11H,9-10H2,1-4H3. The Hall–Kier alpha value is -1.22. The van der Waals surface area contributed by atoms with Crippen LogP contribution in [0, 0.1) is 0 Å². The molecular weight excluding hydrogens is 248 g/mol. The van der Waals surface area contributed by atoms with Crippen molar-refractivity contribution in [2.24, 2.45) is 0 Å². The van der Waals surface area contributed by atoms with E-state index in [1.54, 1.807) is 4.90 Å². The third-order valence-corrected chi connectivity index (χ3v) is 3.09. The average Bonchev–Trinajstić information content (AvgIpc) is 2.35. The fourth-order valence-corrected chi connectivity index (χ4v) is 1.89. The van der Waals surface area contributed by atoms with Crippen LogP contribution in [0.15, 0.2) is 24.3 Å². The Bertz CT molecular complexity index is 387. The second-order valence-corrected chi connectivity index (χ2v) is 5.08. The van der Waals surface area contributed by atoms with Crippen LogP contribution in [0.2, 0.25) is 0 Å². The van der Waals surface area contributed by atoms with Gasteiger partial charge in [0.05, 0.1) is 0 Å². The van der Waals surface area contributed by atoms with E-state index in [1.165, 1.54) is 0 Å². The fraction of sp³-hybridized carbons (Fsp3) is 0.500. The maximum Gasteiger partial charge on any atom is 0.238 e. The SMILES string of the molecule is CC(C)N(Cc1ccc(N(C)C)cc1)C(=O)CCl. The van der Waals surface area contributed by atoms with Gasteiger partial charge in [-0.05, 0) is 31.5 Å². The number of halogens is 1. The second kappa shape index (κ2) is 6.64. The summed E-state index contributed by atoms with van der Waals surface area (Å²) >= 11 is 5.63. The third kappa shape index (κ3) is 3.91. The highest BCUT2D eigenvalue weighted by atomic mass is 35.5. The maximum absolute atomic E-state index is 11.7. The molecule has 0 aliphatic rings.